The lowest BCUT2D eigenvalue weighted by atomic mass is 10.0. The number of nitrogens with zero attached hydrogens (tertiary/aromatic N) is 2. The van der Waals surface area contributed by atoms with Gasteiger partial charge in [0.25, 0.3) is 0 Å². The average molecular weight is 258 g/mol. The lowest BCUT2D eigenvalue weighted by molar-refractivity contribution is 1.33. The molecule has 0 amide bonds. The summed E-state index contributed by atoms with van der Waals surface area (Å²) in [5.41, 5.74) is 5.14. The maximum Gasteiger partial charge on any atom is 0.0991 e. The fourth-order valence-electron chi connectivity index (χ4n) is 2.50. The van der Waals surface area contributed by atoms with E-state index in [1.807, 2.05) is 30.5 Å². The summed E-state index contributed by atoms with van der Waals surface area (Å²) in [6, 6.07) is 16.1. The van der Waals surface area contributed by atoms with Crippen molar-refractivity contribution in [2.24, 2.45) is 0 Å². The molecule has 20 heavy (non-hydrogen) atoms. The van der Waals surface area contributed by atoms with Crippen LogP contribution in [0.1, 0.15) is 16.7 Å². The van der Waals surface area contributed by atoms with Gasteiger partial charge in [-0.2, -0.15) is 5.26 Å². The highest BCUT2D eigenvalue weighted by molar-refractivity contribution is 5.88. The SMILES string of the molecule is Cc1cc(C)c2cnc(-c3ccc(C#N)cc3)cc2c1. The van der Waals surface area contributed by atoms with E-state index in [0.29, 0.717) is 5.56 Å². The van der Waals surface area contributed by atoms with Crippen molar-refractivity contribution in [1.29, 1.82) is 5.26 Å². The summed E-state index contributed by atoms with van der Waals surface area (Å²) in [4.78, 5) is 4.54. The summed E-state index contributed by atoms with van der Waals surface area (Å²) in [6.45, 7) is 4.21. The molecule has 0 atom stereocenters. The fourth-order valence-corrected chi connectivity index (χ4v) is 2.50. The number of fused-ring (bicyclic) bond motifs is 1. The predicted molar refractivity (Wildman–Crippen MR) is 81.4 cm³/mol. The van der Waals surface area contributed by atoms with Crippen molar-refractivity contribution in [1.82, 2.24) is 4.98 Å². The predicted octanol–water partition coefficient (Wildman–Crippen LogP) is 4.39. The summed E-state index contributed by atoms with van der Waals surface area (Å²) in [5, 5.41) is 11.2. The van der Waals surface area contributed by atoms with E-state index < -0.39 is 0 Å². The molecule has 2 heteroatoms. The maximum absolute atomic E-state index is 8.84. The van der Waals surface area contributed by atoms with Crippen LogP contribution in [-0.4, -0.2) is 4.98 Å². The van der Waals surface area contributed by atoms with Crippen LogP contribution in [0.5, 0.6) is 0 Å². The van der Waals surface area contributed by atoms with Gasteiger partial charge in [0, 0.05) is 17.1 Å². The number of nitriles is 1. The Bertz CT molecular complexity index is 824. The van der Waals surface area contributed by atoms with Gasteiger partial charge in [0.2, 0.25) is 0 Å². The van der Waals surface area contributed by atoms with E-state index in [-0.39, 0.29) is 0 Å². The molecule has 0 unspecified atom stereocenters. The number of aryl methyl sites for hydroxylation is 2. The Morgan fingerprint density at radius 1 is 1.00 bits per heavy atom. The molecule has 0 bridgehead atoms. The molecule has 1 aromatic heterocycles. The zero-order valence-corrected chi connectivity index (χ0v) is 11.5. The van der Waals surface area contributed by atoms with Gasteiger partial charge >= 0.3 is 0 Å². The van der Waals surface area contributed by atoms with Gasteiger partial charge in [0.05, 0.1) is 17.3 Å². The van der Waals surface area contributed by atoms with Crippen molar-refractivity contribution in [2.45, 2.75) is 13.8 Å². The van der Waals surface area contributed by atoms with Gasteiger partial charge < -0.3 is 0 Å². The summed E-state index contributed by atoms with van der Waals surface area (Å²) < 4.78 is 0. The minimum absolute atomic E-state index is 0.668. The van der Waals surface area contributed by atoms with Crippen molar-refractivity contribution in [3.8, 4) is 17.3 Å². The second-order valence-electron chi connectivity index (χ2n) is 5.06. The van der Waals surface area contributed by atoms with Crippen molar-refractivity contribution in [3.63, 3.8) is 0 Å². The maximum atomic E-state index is 8.84. The van der Waals surface area contributed by atoms with E-state index in [4.69, 9.17) is 5.26 Å². The molecule has 0 radical (unpaired) electrons. The lowest BCUT2D eigenvalue weighted by Crippen LogP contribution is -1.87. The van der Waals surface area contributed by atoms with Gasteiger partial charge in [-0.05, 0) is 43.0 Å². The third kappa shape index (κ3) is 2.15. The molecule has 0 fully saturated rings. The molecule has 0 aliphatic carbocycles. The van der Waals surface area contributed by atoms with Crippen molar-refractivity contribution >= 4 is 10.8 Å². The molecule has 3 aromatic rings. The molecule has 0 N–H and O–H groups in total. The zero-order valence-electron chi connectivity index (χ0n) is 11.5. The van der Waals surface area contributed by atoms with E-state index in [2.05, 4.69) is 43.1 Å². The Morgan fingerprint density at radius 2 is 1.75 bits per heavy atom. The first-order valence-corrected chi connectivity index (χ1v) is 6.55. The molecule has 0 saturated heterocycles. The van der Waals surface area contributed by atoms with Gasteiger partial charge in [0.1, 0.15) is 0 Å². The highest BCUT2D eigenvalue weighted by Gasteiger charge is 2.04. The molecule has 0 spiro atoms. The van der Waals surface area contributed by atoms with Crippen molar-refractivity contribution < 1.29 is 0 Å². The standard InChI is InChI=1S/C18H14N2/c1-12-7-13(2)17-11-20-18(9-16(17)8-12)15-5-3-14(10-19)4-6-15/h3-9,11H,1-2H3. The third-order valence-electron chi connectivity index (χ3n) is 3.50. The topological polar surface area (TPSA) is 36.7 Å². The first-order valence-electron chi connectivity index (χ1n) is 6.55. The molecule has 3 rings (SSSR count). The third-order valence-corrected chi connectivity index (χ3v) is 3.50. The molecule has 1 heterocycles. The Morgan fingerprint density at radius 3 is 2.45 bits per heavy atom. The molecular formula is C18H14N2. The number of hydrogen-bond donors (Lipinski definition) is 0. The first-order chi connectivity index (χ1) is 9.67. The molecule has 96 valence electrons. The largest absolute Gasteiger partial charge is 0.256 e. The van der Waals surface area contributed by atoms with Gasteiger partial charge in [-0.15, -0.1) is 0 Å². The van der Waals surface area contributed by atoms with E-state index in [0.717, 1.165) is 11.3 Å². The van der Waals surface area contributed by atoms with Gasteiger partial charge in [0.15, 0.2) is 0 Å². The van der Waals surface area contributed by atoms with Gasteiger partial charge in [-0.3, -0.25) is 4.98 Å². The Kier molecular flexibility index (Phi) is 2.96. The molecule has 2 nitrogen and oxygen atoms in total. The highest BCUT2D eigenvalue weighted by atomic mass is 14.7. The van der Waals surface area contributed by atoms with Crippen LogP contribution in [-0.2, 0) is 0 Å². The summed E-state index contributed by atoms with van der Waals surface area (Å²) in [6.07, 6.45) is 1.93. The molecule has 2 aromatic carbocycles. The van der Waals surface area contributed by atoms with E-state index in [9.17, 15) is 0 Å². The van der Waals surface area contributed by atoms with Crippen LogP contribution < -0.4 is 0 Å². The lowest BCUT2D eigenvalue weighted by Gasteiger charge is -2.07. The van der Waals surface area contributed by atoms with Crippen molar-refractivity contribution in [3.05, 3.63) is 65.4 Å². The summed E-state index contributed by atoms with van der Waals surface area (Å²) in [7, 11) is 0. The van der Waals surface area contributed by atoms with Crippen LogP contribution in [0.3, 0.4) is 0 Å². The highest BCUT2D eigenvalue weighted by Crippen LogP contribution is 2.25. The van der Waals surface area contributed by atoms with E-state index in [1.165, 1.54) is 21.9 Å². The van der Waals surface area contributed by atoms with Crippen LogP contribution in [0.25, 0.3) is 22.0 Å². The molecule has 0 aliphatic rings. The molecule has 0 aliphatic heterocycles. The number of hydrogen-bond acceptors (Lipinski definition) is 2. The number of benzene rings is 2. The van der Waals surface area contributed by atoms with E-state index >= 15 is 0 Å². The molecular weight excluding hydrogens is 244 g/mol. The zero-order chi connectivity index (χ0) is 14.1. The van der Waals surface area contributed by atoms with Crippen LogP contribution in [0.2, 0.25) is 0 Å². The Balaban J connectivity index is 2.15. The first kappa shape index (κ1) is 12.4. The summed E-state index contributed by atoms with van der Waals surface area (Å²) >= 11 is 0. The van der Waals surface area contributed by atoms with Gasteiger partial charge in [-0.1, -0.05) is 29.8 Å². The van der Waals surface area contributed by atoms with Crippen molar-refractivity contribution in [2.75, 3.05) is 0 Å². The summed E-state index contributed by atoms with van der Waals surface area (Å²) in [5.74, 6) is 0. The normalized spacial score (nSPS) is 10.4. The monoisotopic (exact) mass is 258 g/mol. The fraction of sp³-hybridized carbons (Fsp3) is 0.111. The second-order valence-corrected chi connectivity index (χ2v) is 5.06. The smallest absolute Gasteiger partial charge is 0.0991 e. The second kappa shape index (κ2) is 4.79. The Labute approximate surface area is 118 Å². The number of aromatic nitrogens is 1. The number of rotatable bonds is 1. The quantitative estimate of drug-likeness (QED) is 0.649. The average Bonchev–Trinajstić information content (AvgIpc) is 2.46. The van der Waals surface area contributed by atoms with E-state index in [1.54, 1.807) is 0 Å². The Hall–Kier alpha value is -2.66. The number of pyridine rings is 1. The van der Waals surface area contributed by atoms with Crippen LogP contribution in [0.15, 0.2) is 48.7 Å². The van der Waals surface area contributed by atoms with Gasteiger partial charge in [-0.25, -0.2) is 0 Å². The minimum Gasteiger partial charge on any atom is -0.256 e. The van der Waals surface area contributed by atoms with Crippen LogP contribution in [0.4, 0.5) is 0 Å². The van der Waals surface area contributed by atoms with Crippen LogP contribution >= 0.6 is 0 Å². The van der Waals surface area contributed by atoms with Crippen LogP contribution in [0, 0.1) is 25.2 Å². The molecule has 0 saturated carbocycles. The minimum atomic E-state index is 0.668.